The van der Waals surface area contributed by atoms with E-state index >= 15 is 0 Å². The molecule has 0 saturated carbocycles. The van der Waals surface area contributed by atoms with Gasteiger partial charge >= 0.3 is 0 Å². The second-order valence-electron chi connectivity index (χ2n) is 7.15. The number of nitrogens with zero attached hydrogens (tertiary/aromatic N) is 2. The van der Waals surface area contributed by atoms with Crippen LogP contribution in [-0.2, 0) is 6.42 Å². The third kappa shape index (κ3) is 7.01. The summed E-state index contributed by atoms with van der Waals surface area (Å²) in [5.41, 5.74) is 3.15. The minimum absolute atomic E-state index is 0. The maximum absolute atomic E-state index is 5.76. The van der Waals surface area contributed by atoms with Gasteiger partial charge in [0.25, 0.3) is 0 Å². The molecule has 32 heavy (non-hydrogen) atoms. The molecule has 174 valence electrons. The van der Waals surface area contributed by atoms with E-state index in [0.29, 0.717) is 19.8 Å². The van der Waals surface area contributed by atoms with Gasteiger partial charge in [-0.05, 0) is 57.5 Å². The maximum Gasteiger partial charge on any atom is 0.191 e. The highest BCUT2D eigenvalue weighted by atomic mass is 127. The smallest absolute Gasteiger partial charge is 0.191 e. The van der Waals surface area contributed by atoms with Gasteiger partial charge in [0.2, 0.25) is 0 Å². The first-order valence-electron chi connectivity index (χ1n) is 11.0. The third-order valence-corrected chi connectivity index (χ3v) is 4.82. The summed E-state index contributed by atoms with van der Waals surface area (Å²) in [6.07, 6.45) is 0.747. The molecule has 0 aliphatic carbocycles. The van der Waals surface area contributed by atoms with Crippen molar-refractivity contribution in [1.82, 2.24) is 20.6 Å². The molecule has 0 amide bonds. The molecule has 3 rings (SSSR count). The molecule has 3 N–H and O–H groups in total. The van der Waals surface area contributed by atoms with Crippen molar-refractivity contribution in [2.24, 2.45) is 4.99 Å². The summed E-state index contributed by atoms with van der Waals surface area (Å²) in [6, 6.07) is 14.2. The van der Waals surface area contributed by atoms with Crippen LogP contribution in [0.4, 0.5) is 0 Å². The summed E-state index contributed by atoms with van der Waals surface area (Å²) in [4.78, 5) is 12.7. The van der Waals surface area contributed by atoms with Gasteiger partial charge < -0.3 is 25.1 Å². The number of rotatable bonds is 10. The maximum atomic E-state index is 5.76. The van der Waals surface area contributed by atoms with Gasteiger partial charge in [0, 0.05) is 19.5 Å². The number of hydrogen-bond acceptors (Lipinski definition) is 4. The number of para-hydroxylation sites is 2. The first-order valence-corrected chi connectivity index (χ1v) is 11.0. The van der Waals surface area contributed by atoms with Crippen molar-refractivity contribution in [2.45, 2.75) is 40.2 Å². The van der Waals surface area contributed by atoms with Crippen molar-refractivity contribution in [3.63, 3.8) is 0 Å². The molecule has 0 fully saturated rings. The van der Waals surface area contributed by atoms with Gasteiger partial charge in [-0.2, -0.15) is 0 Å². The Labute approximate surface area is 207 Å². The van der Waals surface area contributed by atoms with Crippen LogP contribution in [0, 0.1) is 0 Å². The zero-order valence-corrected chi connectivity index (χ0v) is 21.6. The number of nitrogens with one attached hydrogen (secondary N) is 3. The number of fused-ring (bicyclic) bond motifs is 1. The molecule has 1 unspecified atom stereocenters. The number of aliphatic imine (C=N–C) groups is 1. The number of aromatic nitrogens is 2. The predicted octanol–water partition coefficient (Wildman–Crippen LogP) is 4.84. The van der Waals surface area contributed by atoms with E-state index in [4.69, 9.17) is 14.5 Å². The molecule has 0 radical (unpaired) electrons. The van der Waals surface area contributed by atoms with Crippen molar-refractivity contribution < 1.29 is 9.47 Å². The molecule has 0 spiro atoms. The van der Waals surface area contributed by atoms with Crippen LogP contribution in [0.5, 0.6) is 11.5 Å². The normalized spacial score (nSPS) is 12.2. The van der Waals surface area contributed by atoms with Crippen LogP contribution in [0.15, 0.2) is 47.5 Å². The Morgan fingerprint density at radius 2 is 1.81 bits per heavy atom. The van der Waals surface area contributed by atoms with Crippen molar-refractivity contribution in [3.8, 4) is 11.5 Å². The minimum atomic E-state index is 0. The third-order valence-electron chi connectivity index (χ3n) is 4.82. The summed E-state index contributed by atoms with van der Waals surface area (Å²) in [6.45, 7) is 10.7. The second kappa shape index (κ2) is 13.1. The van der Waals surface area contributed by atoms with Gasteiger partial charge in [-0.3, -0.25) is 4.99 Å². The van der Waals surface area contributed by atoms with Crippen molar-refractivity contribution >= 4 is 41.0 Å². The summed E-state index contributed by atoms with van der Waals surface area (Å²) < 4.78 is 11.4. The van der Waals surface area contributed by atoms with Crippen LogP contribution >= 0.6 is 24.0 Å². The summed E-state index contributed by atoms with van der Waals surface area (Å²) in [7, 11) is 0. The molecule has 2 aromatic carbocycles. The number of halogens is 1. The Morgan fingerprint density at radius 3 is 2.53 bits per heavy atom. The lowest BCUT2D eigenvalue weighted by Gasteiger charge is -2.20. The monoisotopic (exact) mass is 551 g/mol. The summed E-state index contributed by atoms with van der Waals surface area (Å²) >= 11 is 0. The Kier molecular flexibility index (Phi) is 10.6. The quantitative estimate of drug-likeness (QED) is 0.191. The standard InChI is InChI=1S/C24H33N5O2.HI/c1-5-25-24(26-15-14-23-28-19-10-8-9-11-20(19)29-23)27-17(4)18-12-13-21(30-6-2)22(16-18)31-7-3;/h8-13,16-17H,5-7,14-15H2,1-4H3,(H,28,29)(H2,25,26,27);1H. The van der Waals surface area contributed by atoms with E-state index in [1.165, 1.54) is 0 Å². The molecule has 1 aromatic heterocycles. The van der Waals surface area contributed by atoms with E-state index in [9.17, 15) is 0 Å². The zero-order chi connectivity index (χ0) is 22.1. The molecule has 0 aliphatic rings. The molecule has 7 nitrogen and oxygen atoms in total. The Balaban J connectivity index is 0.00000363. The molecule has 0 aliphatic heterocycles. The Hall–Kier alpha value is -2.49. The number of hydrogen-bond donors (Lipinski definition) is 3. The molecule has 8 heteroatoms. The lowest BCUT2D eigenvalue weighted by molar-refractivity contribution is 0.287. The molecule has 3 aromatic rings. The van der Waals surface area contributed by atoms with E-state index < -0.39 is 0 Å². The molecular weight excluding hydrogens is 517 g/mol. The predicted molar refractivity (Wildman–Crippen MR) is 142 cm³/mol. The van der Waals surface area contributed by atoms with Crippen LogP contribution in [0.25, 0.3) is 11.0 Å². The van der Waals surface area contributed by atoms with Crippen LogP contribution in [0.3, 0.4) is 0 Å². The second-order valence-corrected chi connectivity index (χ2v) is 7.15. The minimum Gasteiger partial charge on any atom is -0.490 e. The Morgan fingerprint density at radius 1 is 1.06 bits per heavy atom. The van der Waals surface area contributed by atoms with Crippen LogP contribution in [0.2, 0.25) is 0 Å². The van der Waals surface area contributed by atoms with E-state index in [1.807, 2.05) is 50.2 Å². The van der Waals surface area contributed by atoms with Gasteiger partial charge in [-0.1, -0.05) is 18.2 Å². The lowest BCUT2D eigenvalue weighted by atomic mass is 10.1. The number of guanidine groups is 1. The van der Waals surface area contributed by atoms with Crippen molar-refractivity contribution in [1.29, 1.82) is 0 Å². The van der Waals surface area contributed by atoms with Crippen LogP contribution in [-0.4, -0.2) is 42.2 Å². The fraction of sp³-hybridized carbons (Fsp3) is 0.417. The van der Waals surface area contributed by atoms with E-state index in [-0.39, 0.29) is 30.0 Å². The fourth-order valence-electron chi connectivity index (χ4n) is 3.34. The van der Waals surface area contributed by atoms with Gasteiger partial charge in [0.15, 0.2) is 17.5 Å². The topological polar surface area (TPSA) is 83.6 Å². The van der Waals surface area contributed by atoms with Crippen LogP contribution < -0.4 is 20.1 Å². The average Bonchev–Trinajstić information content (AvgIpc) is 3.18. The number of benzene rings is 2. The van der Waals surface area contributed by atoms with Gasteiger partial charge in [-0.25, -0.2) is 4.98 Å². The van der Waals surface area contributed by atoms with E-state index in [2.05, 4.69) is 40.5 Å². The molecule has 0 saturated heterocycles. The van der Waals surface area contributed by atoms with Gasteiger partial charge in [-0.15, -0.1) is 24.0 Å². The Bertz CT molecular complexity index is 972. The average molecular weight is 551 g/mol. The van der Waals surface area contributed by atoms with E-state index in [0.717, 1.165) is 52.8 Å². The fourth-order valence-corrected chi connectivity index (χ4v) is 3.34. The molecule has 0 bridgehead atoms. The zero-order valence-electron chi connectivity index (χ0n) is 19.3. The van der Waals surface area contributed by atoms with Crippen LogP contribution in [0.1, 0.15) is 45.1 Å². The highest BCUT2D eigenvalue weighted by molar-refractivity contribution is 14.0. The first kappa shape index (κ1) is 25.8. The van der Waals surface area contributed by atoms with Gasteiger partial charge in [0.1, 0.15) is 5.82 Å². The number of imidazole rings is 1. The van der Waals surface area contributed by atoms with Gasteiger partial charge in [0.05, 0.1) is 30.3 Å². The lowest BCUT2D eigenvalue weighted by Crippen LogP contribution is -2.38. The number of aromatic amines is 1. The highest BCUT2D eigenvalue weighted by Crippen LogP contribution is 2.30. The first-order chi connectivity index (χ1) is 15.1. The molecular formula is C24H34IN5O2. The number of H-pyrrole nitrogens is 1. The van der Waals surface area contributed by atoms with E-state index in [1.54, 1.807) is 0 Å². The van der Waals surface area contributed by atoms with Crippen molar-refractivity contribution in [2.75, 3.05) is 26.3 Å². The molecule has 1 heterocycles. The summed E-state index contributed by atoms with van der Waals surface area (Å²) in [5.74, 6) is 3.26. The SMILES string of the molecule is CCNC(=NCCc1nc2ccccc2[nH]1)NC(C)c1ccc(OCC)c(OCC)c1.I. The largest absolute Gasteiger partial charge is 0.490 e. The summed E-state index contributed by atoms with van der Waals surface area (Å²) in [5, 5.41) is 6.80. The molecule has 1 atom stereocenters. The number of ether oxygens (including phenoxy) is 2. The van der Waals surface area contributed by atoms with Crippen molar-refractivity contribution in [3.05, 3.63) is 53.9 Å². The highest BCUT2D eigenvalue weighted by Gasteiger charge is 2.12.